The molecule has 0 radical (unpaired) electrons. The molecule has 4 aliphatic rings. The van der Waals surface area contributed by atoms with Crippen LogP contribution in [0.25, 0.3) is 0 Å². The Kier molecular flexibility index (Phi) is 6.05. The molecule has 0 saturated carbocycles. The van der Waals surface area contributed by atoms with E-state index in [4.69, 9.17) is 4.74 Å². The lowest BCUT2D eigenvalue weighted by Crippen LogP contribution is -2.57. The number of ether oxygens (including phenoxy) is 1. The zero-order chi connectivity index (χ0) is 21.9. The van der Waals surface area contributed by atoms with E-state index in [-0.39, 0.29) is 18.0 Å². The maximum atomic E-state index is 11.9. The molecule has 2 unspecified atom stereocenters. The van der Waals surface area contributed by atoms with Crippen LogP contribution in [0, 0.1) is 5.92 Å². The Labute approximate surface area is 189 Å². The summed E-state index contributed by atoms with van der Waals surface area (Å²) in [7, 11) is 1.73. The Bertz CT molecular complexity index is 934. The van der Waals surface area contributed by atoms with Crippen molar-refractivity contribution >= 4 is 11.6 Å². The van der Waals surface area contributed by atoms with Crippen molar-refractivity contribution in [3.05, 3.63) is 60.0 Å². The minimum Gasteiger partial charge on any atom is -0.495 e. The summed E-state index contributed by atoms with van der Waals surface area (Å²) in [6, 6.07) is 8.24. The Morgan fingerprint density at radius 3 is 2.88 bits per heavy atom. The number of fused-ring (bicyclic) bond motifs is 3. The Hall–Kier alpha value is -2.97. The van der Waals surface area contributed by atoms with Crippen LogP contribution in [-0.2, 0) is 4.79 Å². The molecule has 170 valence electrons. The molecule has 1 aromatic carbocycles. The van der Waals surface area contributed by atoms with Crippen LogP contribution in [0.5, 0.6) is 5.75 Å². The van der Waals surface area contributed by atoms with Crippen molar-refractivity contribution in [2.75, 3.05) is 57.8 Å². The highest BCUT2D eigenvalue weighted by molar-refractivity contribution is 5.80. The lowest BCUT2D eigenvalue weighted by Gasteiger charge is -2.44. The maximum Gasteiger partial charge on any atom is 0.224 e. The number of piperazine rings is 1. The van der Waals surface area contributed by atoms with E-state index in [2.05, 4.69) is 55.3 Å². The average molecular weight is 437 g/mol. The number of anilines is 1. The quantitative estimate of drug-likeness (QED) is 0.615. The first kappa shape index (κ1) is 20.9. The van der Waals surface area contributed by atoms with Gasteiger partial charge in [0.15, 0.2) is 0 Å². The van der Waals surface area contributed by atoms with E-state index in [0.29, 0.717) is 13.0 Å². The van der Waals surface area contributed by atoms with Gasteiger partial charge in [-0.15, -0.1) is 0 Å². The third-order valence-electron chi connectivity index (χ3n) is 6.78. The number of carbonyl (C=O) groups excluding carboxylic acids is 1. The Morgan fingerprint density at radius 1 is 1.19 bits per heavy atom. The van der Waals surface area contributed by atoms with E-state index in [1.165, 1.54) is 16.8 Å². The third-order valence-corrected chi connectivity index (χ3v) is 6.78. The first-order valence-electron chi connectivity index (χ1n) is 11.4. The average Bonchev–Trinajstić information content (AvgIpc) is 2.84. The number of methoxy groups -OCH3 is 1. The molecule has 32 heavy (non-hydrogen) atoms. The standard InChI is InChI=1S/C24H32N6O2/c1-32-22-7-3-2-6-21(22)29-13-11-28(12-14-29)10-9-27-30-17-18-15-23(31)26-16-20(18)19-5-4-8-25-24(19)30/h2-8,17,20,24-25,27H,9-16H2,1H3,(H,26,31). The molecule has 5 rings (SSSR count). The van der Waals surface area contributed by atoms with Gasteiger partial charge in [-0.3, -0.25) is 14.7 Å². The van der Waals surface area contributed by atoms with Crippen molar-refractivity contribution < 1.29 is 9.53 Å². The molecule has 0 bridgehead atoms. The number of carbonyl (C=O) groups is 1. The zero-order valence-corrected chi connectivity index (χ0v) is 18.6. The van der Waals surface area contributed by atoms with Crippen LogP contribution < -0.4 is 25.7 Å². The van der Waals surface area contributed by atoms with E-state index in [9.17, 15) is 4.79 Å². The first-order chi connectivity index (χ1) is 15.7. The van der Waals surface area contributed by atoms with Crippen LogP contribution >= 0.6 is 0 Å². The molecule has 2 fully saturated rings. The van der Waals surface area contributed by atoms with Crippen LogP contribution in [0.1, 0.15) is 6.42 Å². The summed E-state index contributed by atoms with van der Waals surface area (Å²) >= 11 is 0. The second-order valence-electron chi connectivity index (χ2n) is 8.65. The molecule has 1 amide bonds. The normalized spacial score (nSPS) is 25.2. The first-order valence-corrected chi connectivity index (χ1v) is 11.4. The minimum atomic E-state index is 0.0890. The van der Waals surface area contributed by atoms with Crippen molar-refractivity contribution in [2.24, 2.45) is 5.92 Å². The number of piperidine rings is 1. The molecular formula is C24H32N6O2. The SMILES string of the molecule is COc1ccccc1N1CCN(CCNN2C=C3CC(=O)NCC3C3=CC=CNC32)CC1. The van der Waals surface area contributed by atoms with Gasteiger partial charge in [0.2, 0.25) is 5.91 Å². The Balaban J connectivity index is 1.15. The summed E-state index contributed by atoms with van der Waals surface area (Å²) < 4.78 is 5.53. The smallest absolute Gasteiger partial charge is 0.224 e. The molecule has 3 N–H and O–H groups in total. The number of nitrogens with one attached hydrogen (secondary N) is 3. The second kappa shape index (κ2) is 9.26. The number of nitrogens with zero attached hydrogens (tertiary/aromatic N) is 3. The third kappa shape index (κ3) is 4.20. The van der Waals surface area contributed by atoms with Gasteiger partial charge < -0.3 is 20.3 Å². The second-order valence-corrected chi connectivity index (χ2v) is 8.65. The van der Waals surface area contributed by atoms with Crippen LogP contribution in [0.3, 0.4) is 0 Å². The van der Waals surface area contributed by atoms with Crippen molar-refractivity contribution in [3.8, 4) is 5.75 Å². The van der Waals surface area contributed by atoms with E-state index < -0.39 is 0 Å². The zero-order valence-electron chi connectivity index (χ0n) is 18.6. The van der Waals surface area contributed by atoms with Crippen LogP contribution in [-0.4, -0.2) is 74.9 Å². The fourth-order valence-electron chi connectivity index (χ4n) is 5.06. The van der Waals surface area contributed by atoms with E-state index in [1.807, 2.05) is 24.4 Å². The van der Waals surface area contributed by atoms with Gasteiger partial charge in [-0.05, 0) is 35.6 Å². The number of allylic oxidation sites excluding steroid dienone is 2. The lowest BCUT2D eigenvalue weighted by molar-refractivity contribution is -0.121. The van der Waals surface area contributed by atoms with Crippen LogP contribution in [0.15, 0.2) is 60.0 Å². The predicted molar refractivity (Wildman–Crippen MR) is 125 cm³/mol. The van der Waals surface area contributed by atoms with Crippen molar-refractivity contribution in [1.29, 1.82) is 0 Å². The molecule has 4 aliphatic heterocycles. The minimum absolute atomic E-state index is 0.0890. The Morgan fingerprint density at radius 2 is 2.03 bits per heavy atom. The number of para-hydroxylation sites is 2. The summed E-state index contributed by atoms with van der Waals surface area (Å²) in [6.07, 6.45) is 8.91. The van der Waals surface area contributed by atoms with Crippen LogP contribution in [0.2, 0.25) is 0 Å². The largest absolute Gasteiger partial charge is 0.495 e. The number of hydrazine groups is 1. The van der Waals surface area contributed by atoms with Crippen molar-refractivity contribution in [1.82, 2.24) is 26.0 Å². The fourth-order valence-corrected chi connectivity index (χ4v) is 5.06. The number of amides is 1. The monoisotopic (exact) mass is 436 g/mol. The van der Waals surface area contributed by atoms with Gasteiger partial charge in [0.05, 0.1) is 12.8 Å². The molecule has 8 nitrogen and oxygen atoms in total. The van der Waals surface area contributed by atoms with Gasteiger partial charge in [0.25, 0.3) is 0 Å². The molecule has 1 aromatic rings. The highest BCUT2D eigenvalue weighted by Gasteiger charge is 2.37. The van der Waals surface area contributed by atoms with Gasteiger partial charge in [-0.1, -0.05) is 18.2 Å². The van der Waals surface area contributed by atoms with E-state index >= 15 is 0 Å². The topological polar surface area (TPSA) is 72.1 Å². The summed E-state index contributed by atoms with van der Waals surface area (Å²) in [5.74, 6) is 1.34. The number of hydrogen-bond donors (Lipinski definition) is 3. The van der Waals surface area contributed by atoms with Gasteiger partial charge in [-0.2, -0.15) is 0 Å². The molecule has 8 heteroatoms. The van der Waals surface area contributed by atoms with Crippen LogP contribution in [0.4, 0.5) is 5.69 Å². The number of dihydropyridines is 1. The molecular weight excluding hydrogens is 404 g/mol. The van der Waals surface area contributed by atoms with Gasteiger partial charge in [0, 0.05) is 64.4 Å². The predicted octanol–water partition coefficient (Wildman–Crippen LogP) is 1.03. The molecule has 0 aliphatic carbocycles. The number of hydrogen-bond acceptors (Lipinski definition) is 7. The lowest BCUT2D eigenvalue weighted by atomic mass is 9.81. The molecule has 2 atom stereocenters. The van der Waals surface area contributed by atoms with E-state index in [1.54, 1.807) is 7.11 Å². The van der Waals surface area contributed by atoms with Gasteiger partial charge in [0.1, 0.15) is 11.9 Å². The van der Waals surface area contributed by atoms with Crippen molar-refractivity contribution in [3.63, 3.8) is 0 Å². The van der Waals surface area contributed by atoms with Gasteiger partial charge >= 0.3 is 0 Å². The molecule has 0 aromatic heterocycles. The summed E-state index contributed by atoms with van der Waals surface area (Å²) in [5.41, 5.74) is 7.26. The highest BCUT2D eigenvalue weighted by atomic mass is 16.5. The summed E-state index contributed by atoms with van der Waals surface area (Å²) in [4.78, 5) is 16.8. The maximum absolute atomic E-state index is 11.9. The summed E-state index contributed by atoms with van der Waals surface area (Å²) in [6.45, 7) is 6.55. The highest BCUT2D eigenvalue weighted by Crippen LogP contribution is 2.34. The summed E-state index contributed by atoms with van der Waals surface area (Å²) in [5, 5.41) is 8.62. The van der Waals surface area contributed by atoms with Crippen molar-refractivity contribution in [2.45, 2.75) is 12.6 Å². The number of benzene rings is 1. The molecule has 2 saturated heterocycles. The number of rotatable bonds is 6. The van der Waals surface area contributed by atoms with Gasteiger partial charge in [-0.25, -0.2) is 5.43 Å². The molecule has 4 heterocycles. The van der Waals surface area contributed by atoms with E-state index in [0.717, 1.165) is 45.0 Å². The molecule has 0 spiro atoms. The fraction of sp³-hybridized carbons (Fsp3) is 0.458.